The second-order valence-electron chi connectivity index (χ2n) is 19.6. The lowest BCUT2D eigenvalue weighted by atomic mass is 9.78. The van der Waals surface area contributed by atoms with Gasteiger partial charge in [0.1, 0.15) is 30.1 Å². The fraction of sp³-hybridized carbons (Fsp3) is 0.745. The van der Waals surface area contributed by atoms with E-state index in [1.807, 2.05) is 58.1 Å². The number of Topliss-reactive ketones (excluding diaryl/α,β-unsaturated/α-hetero) is 3. The van der Waals surface area contributed by atoms with Crippen LogP contribution in [0.1, 0.15) is 126 Å². The van der Waals surface area contributed by atoms with Crippen molar-refractivity contribution in [3.63, 3.8) is 0 Å². The minimum atomic E-state index is -2.43. The molecule has 2 bridgehead atoms. The standard InChI is InChI=1S/C51H79NO13/c1-30-16-12-11-13-17-31(2)42(61-8)28-38-21-19-36(7)51(60,65-38)48(57)49(58)52-23-15-14-18-39(52)50(59)64-43(33(4)26-37-20-22-40(53)44(27-37)62-9)29-41(54)32(3)25-35(6)46(56)47(63-10)45(55)34(5)24-30/h11-13,16-17,25,30,32-34,36-40,42-44,46-47,53,56,60H,14-15,18-24,26-29H2,1-10H3/b13-11+,16-12+,31-17+,35-25+/t30-,32-,33-,34-,36-,37+,38+,39+,40-,42+,43+,44-,46-,47+,51-/m0/s1. The van der Waals surface area contributed by atoms with Gasteiger partial charge in [-0.3, -0.25) is 19.2 Å². The van der Waals surface area contributed by atoms with Crippen molar-refractivity contribution < 1.29 is 63.0 Å². The number of carbonyl (C=O) groups excluding carboxylic acids is 5. The molecular formula is C51H79NO13. The molecule has 0 aromatic carbocycles. The van der Waals surface area contributed by atoms with E-state index >= 15 is 0 Å². The predicted octanol–water partition coefficient (Wildman–Crippen LogP) is 6.18. The normalized spacial score (nSPS) is 40.4. The van der Waals surface area contributed by atoms with E-state index in [-0.39, 0.29) is 54.8 Å². The van der Waals surface area contributed by atoms with Crippen LogP contribution in [0.25, 0.3) is 0 Å². The van der Waals surface area contributed by atoms with Gasteiger partial charge in [-0.25, -0.2) is 4.79 Å². The molecule has 15 atom stereocenters. The Morgan fingerprint density at radius 3 is 2.25 bits per heavy atom. The van der Waals surface area contributed by atoms with Crippen molar-refractivity contribution in [1.82, 2.24) is 4.90 Å². The molecule has 14 nitrogen and oxygen atoms in total. The Labute approximate surface area is 387 Å². The molecule has 1 saturated carbocycles. The first-order valence-electron chi connectivity index (χ1n) is 23.9. The van der Waals surface area contributed by atoms with Crippen molar-refractivity contribution in [2.24, 2.45) is 35.5 Å². The molecule has 65 heavy (non-hydrogen) atoms. The highest BCUT2D eigenvalue weighted by molar-refractivity contribution is 6.39. The molecule has 0 radical (unpaired) electrons. The average Bonchev–Trinajstić information content (AvgIpc) is 3.28. The average molecular weight is 914 g/mol. The fourth-order valence-electron chi connectivity index (χ4n) is 10.1. The number of nitrogens with zero attached hydrogens (tertiary/aromatic N) is 1. The number of amides is 1. The largest absolute Gasteiger partial charge is 0.460 e. The first-order valence-corrected chi connectivity index (χ1v) is 23.9. The van der Waals surface area contributed by atoms with Gasteiger partial charge in [0.2, 0.25) is 5.79 Å². The number of piperidine rings is 1. The van der Waals surface area contributed by atoms with E-state index < -0.39 is 83.9 Å². The molecule has 1 aliphatic carbocycles. The summed E-state index contributed by atoms with van der Waals surface area (Å²) >= 11 is 0. The molecule has 4 aliphatic rings. The lowest BCUT2D eigenvalue weighted by molar-refractivity contribution is -0.265. The third-order valence-corrected chi connectivity index (χ3v) is 14.5. The van der Waals surface area contributed by atoms with Crippen LogP contribution < -0.4 is 0 Å². The Hall–Kier alpha value is -3.37. The van der Waals surface area contributed by atoms with Crippen LogP contribution in [0.15, 0.2) is 47.6 Å². The van der Waals surface area contributed by atoms with Gasteiger partial charge in [0.25, 0.3) is 11.7 Å². The number of carbonyl (C=O) groups is 5. The van der Waals surface area contributed by atoms with Crippen LogP contribution in [0.2, 0.25) is 0 Å². The molecule has 366 valence electrons. The number of allylic oxidation sites excluding steroid dienone is 6. The summed E-state index contributed by atoms with van der Waals surface area (Å²) in [6, 6.07) is -1.14. The Morgan fingerprint density at radius 1 is 0.846 bits per heavy atom. The SMILES string of the molecule is CO[C@H]1C[C@@H](C[C@H](C)[C@H]2CC(=O)[C@@H](C)/C=C(\C)[C@H](O)[C@H](OC)C(=O)[C@@H](C)C[C@@H](C)/C=C/C=C/C=C(\C)[C@H](OC)C[C@H]3CC[C@H](C)[C@](O)(O3)C(=O)C(=O)N3CCCC[C@@H]3C(=O)O2)CC[C@@H]1O. The summed E-state index contributed by atoms with van der Waals surface area (Å²) in [5, 5.41) is 33.8. The first kappa shape index (κ1) is 54.2. The molecule has 0 unspecified atom stereocenters. The van der Waals surface area contributed by atoms with Crippen molar-refractivity contribution in [1.29, 1.82) is 0 Å². The second kappa shape index (κ2) is 25.1. The quantitative estimate of drug-likeness (QED) is 0.156. The van der Waals surface area contributed by atoms with Crippen molar-refractivity contribution in [2.45, 2.75) is 180 Å². The van der Waals surface area contributed by atoms with Gasteiger partial charge in [0.15, 0.2) is 5.78 Å². The number of cyclic esters (lactones) is 1. The number of esters is 1. The summed E-state index contributed by atoms with van der Waals surface area (Å²) in [7, 11) is 4.52. The van der Waals surface area contributed by atoms with Crippen LogP contribution in [0.5, 0.6) is 0 Å². The number of hydrogen-bond acceptors (Lipinski definition) is 13. The number of hydrogen-bond donors (Lipinski definition) is 3. The number of aliphatic hydroxyl groups is 3. The highest BCUT2D eigenvalue weighted by Crippen LogP contribution is 2.38. The maximum atomic E-state index is 14.4. The summed E-state index contributed by atoms with van der Waals surface area (Å²) in [6.45, 7) is 12.7. The van der Waals surface area contributed by atoms with Crippen molar-refractivity contribution in [3.05, 3.63) is 47.6 Å². The molecule has 3 N–H and O–H groups in total. The summed E-state index contributed by atoms with van der Waals surface area (Å²) in [4.78, 5) is 71.8. The van der Waals surface area contributed by atoms with E-state index in [9.17, 15) is 39.3 Å². The Kier molecular flexibility index (Phi) is 21.0. The molecule has 0 aromatic heterocycles. The smallest absolute Gasteiger partial charge is 0.329 e. The van der Waals surface area contributed by atoms with Gasteiger partial charge in [-0.15, -0.1) is 0 Å². The van der Waals surface area contributed by atoms with Crippen molar-refractivity contribution in [2.75, 3.05) is 27.9 Å². The molecule has 14 heteroatoms. The summed E-state index contributed by atoms with van der Waals surface area (Å²) in [5.74, 6) is -7.96. The zero-order chi connectivity index (χ0) is 48.2. The monoisotopic (exact) mass is 914 g/mol. The molecule has 3 heterocycles. The van der Waals surface area contributed by atoms with E-state index in [0.717, 1.165) is 12.0 Å². The van der Waals surface area contributed by atoms with Crippen molar-refractivity contribution >= 4 is 29.2 Å². The predicted molar refractivity (Wildman–Crippen MR) is 245 cm³/mol. The third-order valence-electron chi connectivity index (χ3n) is 14.5. The molecule has 4 rings (SSSR count). The summed E-state index contributed by atoms with van der Waals surface area (Å²) in [6.07, 6.45) is 11.2. The van der Waals surface area contributed by atoms with Gasteiger partial charge in [-0.2, -0.15) is 0 Å². The lowest BCUT2D eigenvalue weighted by Gasteiger charge is -2.42. The van der Waals surface area contributed by atoms with E-state index in [0.29, 0.717) is 63.4 Å². The third kappa shape index (κ3) is 14.3. The number of rotatable bonds is 6. The van der Waals surface area contributed by atoms with Gasteiger partial charge in [0.05, 0.1) is 24.4 Å². The molecule has 1 amide bonds. The first-order chi connectivity index (χ1) is 30.7. The van der Waals surface area contributed by atoms with Gasteiger partial charge in [0, 0.05) is 58.5 Å². The van der Waals surface area contributed by atoms with Gasteiger partial charge < -0.3 is 43.9 Å². The molecule has 3 aliphatic heterocycles. The van der Waals surface area contributed by atoms with E-state index in [2.05, 4.69) is 0 Å². The highest BCUT2D eigenvalue weighted by Gasteiger charge is 2.53. The molecule has 2 saturated heterocycles. The molecule has 0 aromatic rings. The van der Waals surface area contributed by atoms with Gasteiger partial charge >= 0.3 is 5.97 Å². The maximum Gasteiger partial charge on any atom is 0.329 e. The van der Waals surface area contributed by atoms with Crippen molar-refractivity contribution in [3.8, 4) is 0 Å². The van der Waals surface area contributed by atoms with E-state index in [1.165, 1.54) is 12.0 Å². The van der Waals surface area contributed by atoms with Crippen LogP contribution in [-0.4, -0.2) is 132 Å². The highest BCUT2D eigenvalue weighted by atomic mass is 16.6. The second-order valence-corrected chi connectivity index (χ2v) is 19.6. The summed E-state index contributed by atoms with van der Waals surface area (Å²) in [5.41, 5.74) is 1.27. The number of fused-ring (bicyclic) bond motifs is 3. The Bertz CT molecular complexity index is 1760. The topological polar surface area (TPSA) is 195 Å². The molecular weight excluding hydrogens is 835 g/mol. The van der Waals surface area contributed by atoms with Crippen LogP contribution in [0, 0.1) is 35.5 Å². The van der Waals surface area contributed by atoms with E-state index in [1.54, 1.807) is 41.1 Å². The molecule has 3 fully saturated rings. The van der Waals surface area contributed by atoms with Crippen LogP contribution in [0.3, 0.4) is 0 Å². The minimum absolute atomic E-state index is 0.0193. The lowest BCUT2D eigenvalue weighted by Crippen LogP contribution is -2.61. The van der Waals surface area contributed by atoms with Crippen LogP contribution in [0.4, 0.5) is 0 Å². The summed E-state index contributed by atoms with van der Waals surface area (Å²) < 4.78 is 29.4. The van der Waals surface area contributed by atoms with Gasteiger partial charge in [-0.05, 0) is 107 Å². The van der Waals surface area contributed by atoms with Gasteiger partial charge in [-0.1, -0.05) is 71.1 Å². The Balaban J connectivity index is 1.70. The van der Waals surface area contributed by atoms with Crippen LogP contribution in [-0.2, 0) is 47.7 Å². The zero-order valence-corrected chi connectivity index (χ0v) is 40.6. The number of aliphatic hydroxyl groups excluding tert-OH is 2. The Morgan fingerprint density at radius 2 is 1.57 bits per heavy atom. The zero-order valence-electron chi connectivity index (χ0n) is 40.6. The number of ether oxygens (including phenoxy) is 5. The number of ketones is 3. The maximum absolute atomic E-state index is 14.4. The fourth-order valence-corrected chi connectivity index (χ4v) is 10.1. The molecule has 0 spiro atoms. The minimum Gasteiger partial charge on any atom is -0.460 e. The number of methoxy groups -OCH3 is 3. The van der Waals surface area contributed by atoms with Crippen LogP contribution >= 0.6 is 0 Å². The van der Waals surface area contributed by atoms with E-state index in [4.69, 9.17) is 23.7 Å².